The summed E-state index contributed by atoms with van der Waals surface area (Å²) >= 11 is 0. The highest BCUT2D eigenvalue weighted by atomic mass is 16.2. The molecule has 0 radical (unpaired) electrons. The number of hydrogen-bond acceptors (Lipinski definition) is 4. The number of benzene rings is 2. The number of fused-ring (bicyclic) bond motifs is 5. The summed E-state index contributed by atoms with van der Waals surface area (Å²) in [4.78, 5) is 55.9. The Hall–Kier alpha value is -3.68. The Kier molecular flexibility index (Phi) is 9.04. The molecule has 8 heteroatoms. The van der Waals surface area contributed by atoms with E-state index < -0.39 is 5.54 Å². The van der Waals surface area contributed by atoms with Gasteiger partial charge in [0.1, 0.15) is 0 Å². The lowest BCUT2D eigenvalue weighted by atomic mass is 9.99. The van der Waals surface area contributed by atoms with Crippen molar-refractivity contribution >= 4 is 23.6 Å². The van der Waals surface area contributed by atoms with Crippen LogP contribution in [0.4, 0.5) is 0 Å². The zero-order chi connectivity index (χ0) is 28.0. The second-order valence-corrected chi connectivity index (χ2v) is 11.7. The molecule has 4 amide bonds. The molecule has 1 aliphatic carbocycles. The number of nitrogens with one attached hydrogen (secondary N) is 2. The lowest BCUT2D eigenvalue weighted by Gasteiger charge is -2.27. The third-order valence-corrected chi connectivity index (χ3v) is 7.14. The van der Waals surface area contributed by atoms with E-state index in [1.807, 2.05) is 51.1 Å². The van der Waals surface area contributed by atoms with E-state index in [9.17, 15) is 19.2 Å². The summed E-state index contributed by atoms with van der Waals surface area (Å²) in [6.07, 6.45) is 5.37. The fraction of sp³-hybridized carbons (Fsp3) is 0.484. The zero-order valence-corrected chi connectivity index (χ0v) is 23.3. The number of carbonyl (C=O) groups is 4. The molecule has 1 aliphatic heterocycles. The second-order valence-electron chi connectivity index (χ2n) is 11.7. The topological polar surface area (TPSA) is 98.8 Å². The molecule has 39 heavy (non-hydrogen) atoms. The predicted molar refractivity (Wildman–Crippen MR) is 151 cm³/mol. The van der Waals surface area contributed by atoms with Crippen LogP contribution in [0.15, 0.2) is 48.5 Å². The maximum Gasteiger partial charge on any atom is 0.254 e. The number of nitrogens with zero attached hydrogens (tertiary/aromatic N) is 2. The zero-order valence-electron chi connectivity index (χ0n) is 23.3. The summed E-state index contributed by atoms with van der Waals surface area (Å²) < 4.78 is 0. The van der Waals surface area contributed by atoms with Gasteiger partial charge in [-0.2, -0.15) is 0 Å². The van der Waals surface area contributed by atoms with Gasteiger partial charge in [-0.15, -0.1) is 0 Å². The first-order chi connectivity index (χ1) is 18.6. The molecule has 0 aromatic heterocycles. The molecule has 2 N–H and O–H groups in total. The molecule has 0 unspecified atom stereocenters. The van der Waals surface area contributed by atoms with Gasteiger partial charge in [-0.25, -0.2) is 0 Å². The molecule has 1 saturated carbocycles. The lowest BCUT2D eigenvalue weighted by Crippen LogP contribution is -2.47. The van der Waals surface area contributed by atoms with Gasteiger partial charge in [0.2, 0.25) is 11.8 Å². The molecule has 1 heterocycles. The molecule has 0 saturated heterocycles. The fourth-order valence-corrected chi connectivity index (χ4v) is 5.29. The molecule has 208 valence electrons. The van der Waals surface area contributed by atoms with Gasteiger partial charge in [0.05, 0.1) is 13.1 Å². The van der Waals surface area contributed by atoms with Crippen molar-refractivity contribution in [2.45, 2.75) is 70.9 Å². The highest BCUT2D eigenvalue weighted by Crippen LogP contribution is 2.24. The number of amides is 4. The average molecular weight is 533 g/mol. The van der Waals surface area contributed by atoms with Crippen LogP contribution >= 0.6 is 0 Å². The maximum absolute atomic E-state index is 13.6. The van der Waals surface area contributed by atoms with Gasteiger partial charge in [0.15, 0.2) is 0 Å². The SMILES string of the molecule is CC(C)(C)NC(=O)CN1CCCCN(CC(=O)NC2CCCC2)C(=O)c2cccc(c2)-c2cccc(c2)C1=O. The van der Waals surface area contributed by atoms with Gasteiger partial charge in [0.25, 0.3) is 11.8 Å². The van der Waals surface area contributed by atoms with Crippen molar-refractivity contribution in [2.24, 2.45) is 0 Å². The third-order valence-electron chi connectivity index (χ3n) is 7.14. The van der Waals surface area contributed by atoms with E-state index in [1.54, 1.807) is 28.0 Å². The van der Waals surface area contributed by atoms with Gasteiger partial charge < -0.3 is 20.4 Å². The Balaban J connectivity index is 1.61. The predicted octanol–water partition coefficient (Wildman–Crippen LogP) is 4.01. The van der Waals surface area contributed by atoms with Crippen LogP contribution in [0.5, 0.6) is 0 Å². The minimum absolute atomic E-state index is 0.00825. The van der Waals surface area contributed by atoms with Crippen LogP contribution in [0.3, 0.4) is 0 Å². The molecule has 2 aromatic carbocycles. The minimum Gasteiger partial charge on any atom is -0.352 e. The number of carbonyl (C=O) groups excluding carboxylic acids is 4. The molecule has 2 aliphatic rings. The van der Waals surface area contributed by atoms with Crippen LogP contribution in [0.2, 0.25) is 0 Å². The van der Waals surface area contributed by atoms with Crippen molar-refractivity contribution in [3.05, 3.63) is 59.7 Å². The van der Waals surface area contributed by atoms with E-state index in [0.29, 0.717) is 37.1 Å². The van der Waals surface area contributed by atoms with Crippen molar-refractivity contribution in [3.8, 4) is 11.1 Å². The lowest BCUT2D eigenvalue weighted by molar-refractivity contribution is -0.123. The van der Waals surface area contributed by atoms with Crippen LogP contribution in [-0.2, 0) is 9.59 Å². The Labute approximate surface area is 231 Å². The fourth-order valence-electron chi connectivity index (χ4n) is 5.29. The molecular weight excluding hydrogens is 492 g/mol. The first kappa shape index (κ1) is 28.3. The molecule has 4 rings (SSSR count). The molecule has 4 bridgehead atoms. The largest absolute Gasteiger partial charge is 0.352 e. The average Bonchev–Trinajstić information content (AvgIpc) is 3.40. The molecule has 1 fully saturated rings. The molecule has 0 spiro atoms. The van der Waals surface area contributed by atoms with E-state index in [4.69, 9.17) is 0 Å². The highest BCUT2D eigenvalue weighted by molar-refractivity contribution is 5.99. The smallest absolute Gasteiger partial charge is 0.254 e. The van der Waals surface area contributed by atoms with Crippen LogP contribution in [0.1, 0.15) is 80.0 Å². The summed E-state index contributed by atoms with van der Waals surface area (Å²) in [6, 6.07) is 14.8. The van der Waals surface area contributed by atoms with E-state index in [-0.39, 0.29) is 42.8 Å². The van der Waals surface area contributed by atoms with Crippen LogP contribution in [0.25, 0.3) is 11.1 Å². The van der Waals surface area contributed by atoms with Crippen LogP contribution in [-0.4, -0.2) is 71.2 Å². The van der Waals surface area contributed by atoms with Gasteiger partial charge >= 0.3 is 0 Å². The van der Waals surface area contributed by atoms with Crippen molar-refractivity contribution in [2.75, 3.05) is 26.2 Å². The second kappa shape index (κ2) is 12.5. The van der Waals surface area contributed by atoms with Crippen LogP contribution < -0.4 is 10.6 Å². The van der Waals surface area contributed by atoms with Crippen molar-refractivity contribution in [1.82, 2.24) is 20.4 Å². The number of rotatable bonds is 5. The summed E-state index contributed by atoms with van der Waals surface area (Å²) in [6.45, 7) is 6.39. The Bertz CT molecular complexity index is 1210. The van der Waals surface area contributed by atoms with Gasteiger partial charge in [0, 0.05) is 35.8 Å². The quantitative estimate of drug-likeness (QED) is 0.608. The maximum atomic E-state index is 13.6. The van der Waals surface area contributed by atoms with E-state index >= 15 is 0 Å². The summed E-state index contributed by atoms with van der Waals surface area (Å²) in [5, 5.41) is 6.02. The number of hydrogen-bond donors (Lipinski definition) is 2. The molecular formula is C31H40N4O4. The summed E-state index contributed by atoms with van der Waals surface area (Å²) in [5.41, 5.74) is 2.20. The van der Waals surface area contributed by atoms with Crippen LogP contribution in [0, 0.1) is 0 Å². The van der Waals surface area contributed by atoms with Crippen molar-refractivity contribution in [1.29, 1.82) is 0 Å². The minimum atomic E-state index is -0.409. The standard InChI is InChI=1S/C31H40N4O4/c1-31(2,3)33-28(37)21-35-17-7-6-16-34(20-27(36)32-26-14-4-5-15-26)29(38)24-12-8-10-22(18-24)23-11-9-13-25(19-23)30(35)39/h8-13,18-19,26H,4-7,14-17,20-21H2,1-3H3,(H,32,36)(H,33,37). The summed E-state index contributed by atoms with van der Waals surface area (Å²) in [5.74, 6) is -0.765. The van der Waals surface area contributed by atoms with E-state index in [0.717, 1.165) is 36.8 Å². The first-order valence-corrected chi connectivity index (χ1v) is 14.0. The van der Waals surface area contributed by atoms with Crippen molar-refractivity contribution < 1.29 is 19.2 Å². The summed E-state index contributed by atoms with van der Waals surface area (Å²) in [7, 11) is 0. The Morgan fingerprint density at radius 3 is 1.69 bits per heavy atom. The van der Waals surface area contributed by atoms with Gasteiger partial charge in [-0.3, -0.25) is 19.2 Å². The molecule has 0 atom stereocenters. The molecule has 8 nitrogen and oxygen atoms in total. The van der Waals surface area contributed by atoms with Gasteiger partial charge in [-0.1, -0.05) is 37.1 Å². The Morgan fingerprint density at radius 1 is 0.744 bits per heavy atom. The Morgan fingerprint density at radius 2 is 1.21 bits per heavy atom. The molecule has 2 aromatic rings. The third kappa shape index (κ3) is 7.91. The monoisotopic (exact) mass is 532 g/mol. The van der Waals surface area contributed by atoms with Crippen molar-refractivity contribution in [3.63, 3.8) is 0 Å². The van der Waals surface area contributed by atoms with Gasteiger partial charge in [-0.05, 0) is 81.8 Å². The first-order valence-electron chi connectivity index (χ1n) is 14.0. The van der Waals surface area contributed by atoms with E-state index in [1.165, 1.54) is 0 Å². The highest BCUT2D eigenvalue weighted by Gasteiger charge is 2.25. The normalized spacial score (nSPS) is 17.1. The van der Waals surface area contributed by atoms with E-state index in [2.05, 4.69) is 10.6 Å².